The first kappa shape index (κ1) is 15.7. The first-order valence-electron chi connectivity index (χ1n) is 7.67. The van der Waals surface area contributed by atoms with E-state index in [4.69, 9.17) is 4.42 Å². The third-order valence-electron chi connectivity index (χ3n) is 3.72. The minimum absolute atomic E-state index is 0.836. The highest BCUT2D eigenvalue weighted by atomic mass is 16.3. The monoisotopic (exact) mass is 287 g/mol. The van der Waals surface area contributed by atoms with E-state index in [1.807, 2.05) is 30.6 Å². The molecule has 0 N–H and O–H groups in total. The SMILES string of the molecule is CCN(CC)CCN(Cc1cccnc1)Cc1ccco1. The maximum atomic E-state index is 5.49. The number of furan rings is 1. The molecule has 4 nitrogen and oxygen atoms in total. The average molecular weight is 287 g/mol. The van der Waals surface area contributed by atoms with Gasteiger partial charge in [-0.15, -0.1) is 0 Å². The topological polar surface area (TPSA) is 32.5 Å². The van der Waals surface area contributed by atoms with E-state index in [9.17, 15) is 0 Å². The molecule has 21 heavy (non-hydrogen) atoms. The molecule has 4 heteroatoms. The van der Waals surface area contributed by atoms with Crippen molar-refractivity contribution >= 4 is 0 Å². The van der Waals surface area contributed by atoms with Crippen molar-refractivity contribution in [2.75, 3.05) is 26.2 Å². The van der Waals surface area contributed by atoms with Crippen molar-refractivity contribution in [2.24, 2.45) is 0 Å². The molecule has 0 atom stereocenters. The lowest BCUT2D eigenvalue weighted by atomic mass is 10.2. The molecule has 0 amide bonds. The molecule has 0 aliphatic rings. The van der Waals surface area contributed by atoms with Crippen LogP contribution in [0.3, 0.4) is 0 Å². The number of hydrogen-bond donors (Lipinski definition) is 0. The molecule has 0 saturated heterocycles. The normalized spacial score (nSPS) is 11.4. The molecule has 2 rings (SSSR count). The summed E-state index contributed by atoms with van der Waals surface area (Å²) in [6.07, 6.45) is 5.49. The van der Waals surface area contributed by atoms with Crippen molar-refractivity contribution in [2.45, 2.75) is 26.9 Å². The smallest absolute Gasteiger partial charge is 0.117 e. The van der Waals surface area contributed by atoms with E-state index in [0.717, 1.165) is 45.0 Å². The van der Waals surface area contributed by atoms with Crippen molar-refractivity contribution in [3.05, 3.63) is 54.2 Å². The molecule has 0 saturated carbocycles. The third-order valence-corrected chi connectivity index (χ3v) is 3.72. The molecule has 0 spiro atoms. The van der Waals surface area contributed by atoms with Gasteiger partial charge in [-0.05, 0) is 36.9 Å². The Hall–Kier alpha value is -1.65. The fourth-order valence-corrected chi connectivity index (χ4v) is 2.41. The highest BCUT2D eigenvalue weighted by molar-refractivity contribution is 5.08. The van der Waals surface area contributed by atoms with Gasteiger partial charge in [-0.25, -0.2) is 0 Å². The van der Waals surface area contributed by atoms with Crippen molar-refractivity contribution in [3.63, 3.8) is 0 Å². The van der Waals surface area contributed by atoms with Gasteiger partial charge >= 0.3 is 0 Å². The zero-order valence-corrected chi connectivity index (χ0v) is 13.0. The van der Waals surface area contributed by atoms with Gasteiger partial charge in [0.2, 0.25) is 0 Å². The Bertz CT molecular complexity index is 480. The molecule has 0 aliphatic heterocycles. The zero-order chi connectivity index (χ0) is 14.9. The predicted octanol–water partition coefficient (Wildman–Crippen LogP) is 3.02. The predicted molar refractivity (Wildman–Crippen MR) is 84.8 cm³/mol. The number of aromatic nitrogens is 1. The second-order valence-electron chi connectivity index (χ2n) is 5.18. The van der Waals surface area contributed by atoms with Crippen LogP contribution >= 0.6 is 0 Å². The zero-order valence-electron chi connectivity index (χ0n) is 13.0. The molecular weight excluding hydrogens is 262 g/mol. The van der Waals surface area contributed by atoms with E-state index in [-0.39, 0.29) is 0 Å². The highest BCUT2D eigenvalue weighted by Gasteiger charge is 2.10. The van der Waals surface area contributed by atoms with Crippen LogP contribution in [0.5, 0.6) is 0 Å². The van der Waals surface area contributed by atoms with Crippen LogP contribution in [-0.2, 0) is 13.1 Å². The number of rotatable bonds is 9. The molecule has 114 valence electrons. The van der Waals surface area contributed by atoms with E-state index in [2.05, 4.69) is 34.7 Å². The van der Waals surface area contributed by atoms with Gasteiger partial charge in [-0.3, -0.25) is 9.88 Å². The molecular formula is C17H25N3O. The summed E-state index contributed by atoms with van der Waals surface area (Å²) in [5.74, 6) is 1.01. The summed E-state index contributed by atoms with van der Waals surface area (Å²) in [6, 6.07) is 8.10. The fraction of sp³-hybridized carbons (Fsp3) is 0.471. The largest absolute Gasteiger partial charge is 0.468 e. The van der Waals surface area contributed by atoms with E-state index in [1.165, 1.54) is 5.56 Å². The van der Waals surface area contributed by atoms with Gasteiger partial charge < -0.3 is 9.32 Å². The van der Waals surface area contributed by atoms with Crippen molar-refractivity contribution in [3.8, 4) is 0 Å². The molecule has 2 aromatic rings. The minimum Gasteiger partial charge on any atom is -0.468 e. The lowest BCUT2D eigenvalue weighted by Crippen LogP contribution is -2.34. The fourth-order valence-electron chi connectivity index (χ4n) is 2.41. The van der Waals surface area contributed by atoms with Crippen molar-refractivity contribution < 1.29 is 4.42 Å². The Morgan fingerprint density at radius 2 is 1.81 bits per heavy atom. The van der Waals surface area contributed by atoms with E-state index >= 15 is 0 Å². The Labute approximate surface area is 127 Å². The summed E-state index contributed by atoms with van der Waals surface area (Å²) in [4.78, 5) is 9.06. The lowest BCUT2D eigenvalue weighted by Gasteiger charge is -2.25. The average Bonchev–Trinajstić information content (AvgIpc) is 3.02. The summed E-state index contributed by atoms with van der Waals surface area (Å²) in [5, 5.41) is 0. The summed E-state index contributed by atoms with van der Waals surface area (Å²) < 4.78 is 5.49. The summed E-state index contributed by atoms with van der Waals surface area (Å²) in [5.41, 5.74) is 1.24. The maximum Gasteiger partial charge on any atom is 0.117 e. The van der Waals surface area contributed by atoms with Crippen LogP contribution in [0, 0.1) is 0 Å². The number of nitrogens with zero attached hydrogens (tertiary/aromatic N) is 3. The van der Waals surface area contributed by atoms with Crippen LogP contribution in [0.2, 0.25) is 0 Å². The first-order chi connectivity index (χ1) is 10.3. The lowest BCUT2D eigenvalue weighted by molar-refractivity contribution is 0.191. The Morgan fingerprint density at radius 1 is 1.00 bits per heavy atom. The molecule has 0 radical (unpaired) electrons. The van der Waals surface area contributed by atoms with E-state index in [1.54, 1.807) is 6.26 Å². The third kappa shape index (κ3) is 5.33. The first-order valence-corrected chi connectivity index (χ1v) is 7.67. The molecule has 0 unspecified atom stereocenters. The second-order valence-corrected chi connectivity index (χ2v) is 5.18. The van der Waals surface area contributed by atoms with Gasteiger partial charge in [0, 0.05) is 32.0 Å². The molecule has 0 fully saturated rings. The Morgan fingerprint density at radius 3 is 2.43 bits per heavy atom. The number of pyridine rings is 1. The van der Waals surface area contributed by atoms with Crippen LogP contribution < -0.4 is 0 Å². The number of likely N-dealkylation sites (N-methyl/N-ethyl adjacent to an activating group) is 1. The molecule has 2 aromatic heterocycles. The molecule has 0 aromatic carbocycles. The van der Waals surface area contributed by atoms with Crippen molar-refractivity contribution in [1.82, 2.24) is 14.8 Å². The summed E-state index contributed by atoms with van der Waals surface area (Å²) >= 11 is 0. The Balaban J connectivity index is 1.96. The van der Waals surface area contributed by atoms with Crippen LogP contribution in [-0.4, -0.2) is 41.0 Å². The van der Waals surface area contributed by atoms with Gasteiger partial charge in [0.15, 0.2) is 0 Å². The van der Waals surface area contributed by atoms with Crippen LogP contribution in [0.1, 0.15) is 25.2 Å². The van der Waals surface area contributed by atoms with Crippen LogP contribution in [0.4, 0.5) is 0 Å². The summed E-state index contributed by atoms with van der Waals surface area (Å²) in [7, 11) is 0. The standard InChI is InChI=1S/C17H25N3O/c1-3-19(4-2)10-11-20(15-17-8-6-12-21-17)14-16-7-5-9-18-13-16/h5-9,12-13H,3-4,10-11,14-15H2,1-2H3. The Kier molecular flexibility index (Phi) is 6.44. The van der Waals surface area contributed by atoms with Gasteiger partial charge in [-0.2, -0.15) is 0 Å². The van der Waals surface area contributed by atoms with Gasteiger partial charge in [-0.1, -0.05) is 19.9 Å². The minimum atomic E-state index is 0.836. The second kappa shape index (κ2) is 8.60. The maximum absolute atomic E-state index is 5.49. The molecule has 2 heterocycles. The quantitative estimate of drug-likeness (QED) is 0.709. The van der Waals surface area contributed by atoms with Crippen LogP contribution in [0.25, 0.3) is 0 Å². The van der Waals surface area contributed by atoms with Gasteiger partial charge in [0.1, 0.15) is 5.76 Å². The highest BCUT2D eigenvalue weighted by Crippen LogP contribution is 2.10. The van der Waals surface area contributed by atoms with E-state index in [0.29, 0.717) is 0 Å². The van der Waals surface area contributed by atoms with E-state index < -0.39 is 0 Å². The number of hydrogen-bond acceptors (Lipinski definition) is 4. The molecule has 0 aliphatic carbocycles. The van der Waals surface area contributed by atoms with Crippen molar-refractivity contribution in [1.29, 1.82) is 0 Å². The molecule has 0 bridgehead atoms. The summed E-state index contributed by atoms with van der Waals surface area (Å²) in [6.45, 7) is 10.4. The van der Waals surface area contributed by atoms with Gasteiger partial charge in [0.05, 0.1) is 12.8 Å². The van der Waals surface area contributed by atoms with Crippen LogP contribution in [0.15, 0.2) is 47.3 Å². The van der Waals surface area contributed by atoms with Gasteiger partial charge in [0.25, 0.3) is 0 Å².